The molecule has 90 valence electrons. The molecule has 0 saturated heterocycles. The smallest absolute Gasteiger partial charge is 0.138 e. The molecule has 3 nitrogen and oxygen atoms in total. The average molecular weight is 222 g/mol. The Balaban J connectivity index is 2.59. The van der Waals surface area contributed by atoms with Crippen molar-refractivity contribution >= 4 is 0 Å². The SMILES string of the molecule is CNCC(C)Cc1cncc(OC(C)C)c1. The van der Waals surface area contributed by atoms with Gasteiger partial charge in [-0.2, -0.15) is 0 Å². The van der Waals surface area contributed by atoms with Crippen LogP contribution in [0.2, 0.25) is 0 Å². The minimum Gasteiger partial charge on any atom is -0.489 e. The van der Waals surface area contributed by atoms with E-state index in [0.29, 0.717) is 5.92 Å². The Morgan fingerprint density at radius 2 is 2.06 bits per heavy atom. The fraction of sp³-hybridized carbons (Fsp3) is 0.615. The molecule has 1 rings (SSSR count). The van der Waals surface area contributed by atoms with E-state index < -0.39 is 0 Å². The van der Waals surface area contributed by atoms with Gasteiger partial charge in [-0.25, -0.2) is 0 Å². The summed E-state index contributed by atoms with van der Waals surface area (Å²) in [4.78, 5) is 4.21. The third kappa shape index (κ3) is 4.62. The number of nitrogens with zero attached hydrogens (tertiary/aromatic N) is 1. The van der Waals surface area contributed by atoms with Gasteiger partial charge in [-0.15, -0.1) is 0 Å². The second-order valence-corrected chi connectivity index (χ2v) is 4.56. The first-order chi connectivity index (χ1) is 7.61. The lowest BCUT2D eigenvalue weighted by atomic mass is 10.0. The Bertz CT molecular complexity index is 313. The van der Waals surface area contributed by atoms with Gasteiger partial charge in [0.25, 0.3) is 0 Å². The van der Waals surface area contributed by atoms with Gasteiger partial charge in [-0.1, -0.05) is 6.92 Å². The van der Waals surface area contributed by atoms with E-state index in [1.54, 1.807) is 6.20 Å². The molecule has 0 aliphatic carbocycles. The van der Waals surface area contributed by atoms with E-state index in [1.807, 2.05) is 27.1 Å². The van der Waals surface area contributed by atoms with Crippen molar-refractivity contribution in [3.63, 3.8) is 0 Å². The molecule has 1 atom stereocenters. The highest BCUT2D eigenvalue weighted by Crippen LogP contribution is 2.15. The Hall–Kier alpha value is -1.09. The fourth-order valence-electron chi connectivity index (χ4n) is 1.73. The van der Waals surface area contributed by atoms with Gasteiger partial charge in [0, 0.05) is 6.20 Å². The highest BCUT2D eigenvalue weighted by atomic mass is 16.5. The summed E-state index contributed by atoms with van der Waals surface area (Å²) < 4.78 is 5.62. The first-order valence-corrected chi connectivity index (χ1v) is 5.87. The quantitative estimate of drug-likeness (QED) is 0.801. The second kappa shape index (κ2) is 6.48. The van der Waals surface area contributed by atoms with Gasteiger partial charge in [0.05, 0.1) is 12.3 Å². The number of hydrogen-bond donors (Lipinski definition) is 1. The minimum atomic E-state index is 0.201. The summed E-state index contributed by atoms with van der Waals surface area (Å²) >= 11 is 0. The zero-order valence-corrected chi connectivity index (χ0v) is 10.7. The Morgan fingerprint density at radius 1 is 1.31 bits per heavy atom. The summed E-state index contributed by atoms with van der Waals surface area (Å²) in [7, 11) is 1.98. The molecule has 0 radical (unpaired) electrons. The first kappa shape index (κ1) is 13.0. The van der Waals surface area contributed by atoms with Crippen molar-refractivity contribution in [2.75, 3.05) is 13.6 Å². The summed E-state index contributed by atoms with van der Waals surface area (Å²) in [6.45, 7) is 7.30. The van der Waals surface area contributed by atoms with Crippen LogP contribution in [-0.2, 0) is 6.42 Å². The van der Waals surface area contributed by atoms with Crippen molar-refractivity contribution in [1.82, 2.24) is 10.3 Å². The number of hydrogen-bond acceptors (Lipinski definition) is 3. The van der Waals surface area contributed by atoms with Crippen molar-refractivity contribution in [1.29, 1.82) is 0 Å². The standard InChI is InChI=1S/C13H22N2O/c1-10(2)16-13-6-12(8-15-9-13)5-11(3)7-14-4/h6,8-11,14H,5,7H2,1-4H3. The number of nitrogens with one attached hydrogen (secondary N) is 1. The normalized spacial score (nSPS) is 12.8. The molecule has 3 heteroatoms. The van der Waals surface area contributed by atoms with Crippen LogP contribution in [0.15, 0.2) is 18.5 Å². The maximum Gasteiger partial charge on any atom is 0.138 e. The highest BCUT2D eigenvalue weighted by Gasteiger charge is 2.05. The fourth-order valence-corrected chi connectivity index (χ4v) is 1.73. The van der Waals surface area contributed by atoms with E-state index in [1.165, 1.54) is 5.56 Å². The van der Waals surface area contributed by atoms with Gasteiger partial charge in [0.15, 0.2) is 0 Å². The molecule has 1 aromatic heterocycles. The molecule has 0 fully saturated rings. The van der Waals surface area contributed by atoms with Crippen LogP contribution in [0.25, 0.3) is 0 Å². The molecular formula is C13H22N2O. The van der Waals surface area contributed by atoms with Crippen molar-refractivity contribution in [2.24, 2.45) is 5.92 Å². The Labute approximate surface area is 98.2 Å². The topological polar surface area (TPSA) is 34.2 Å². The number of ether oxygens (including phenoxy) is 1. The maximum atomic E-state index is 5.62. The van der Waals surface area contributed by atoms with Crippen LogP contribution in [-0.4, -0.2) is 24.7 Å². The number of rotatable bonds is 6. The molecule has 16 heavy (non-hydrogen) atoms. The van der Waals surface area contributed by atoms with Gasteiger partial charge < -0.3 is 10.1 Å². The molecule has 0 aliphatic rings. The zero-order valence-electron chi connectivity index (χ0n) is 10.7. The van der Waals surface area contributed by atoms with Gasteiger partial charge in [0.2, 0.25) is 0 Å². The van der Waals surface area contributed by atoms with E-state index >= 15 is 0 Å². The Kier molecular flexibility index (Phi) is 5.26. The summed E-state index contributed by atoms with van der Waals surface area (Å²) in [5.74, 6) is 1.48. The molecule has 1 unspecified atom stereocenters. The molecule has 0 amide bonds. The monoisotopic (exact) mass is 222 g/mol. The molecule has 0 spiro atoms. The lowest BCUT2D eigenvalue weighted by Crippen LogP contribution is -2.18. The lowest BCUT2D eigenvalue weighted by Gasteiger charge is -2.13. The number of aromatic nitrogens is 1. The van der Waals surface area contributed by atoms with Crippen LogP contribution in [0.4, 0.5) is 0 Å². The van der Waals surface area contributed by atoms with E-state index in [-0.39, 0.29) is 6.10 Å². The van der Waals surface area contributed by atoms with Crippen LogP contribution in [0.5, 0.6) is 5.75 Å². The van der Waals surface area contributed by atoms with E-state index in [4.69, 9.17) is 4.74 Å². The zero-order chi connectivity index (χ0) is 12.0. The van der Waals surface area contributed by atoms with Crippen molar-refractivity contribution in [2.45, 2.75) is 33.3 Å². The average Bonchev–Trinajstić information content (AvgIpc) is 2.17. The largest absolute Gasteiger partial charge is 0.489 e. The summed E-state index contributed by atoms with van der Waals surface area (Å²) in [5.41, 5.74) is 1.24. The van der Waals surface area contributed by atoms with E-state index in [0.717, 1.165) is 18.7 Å². The molecule has 1 N–H and O–H groups in total. The summed E-state index contributed by atoms with van der Waals surface area (Å²) in [5, 5.41) is 3.18. The number of pyridine rings is 1. The predicted molar refractivity (Wildman–Crippen MR) is 66.8 cm³/mol. The highest BCUT2D eigenvalue weighted by molar-refractivity contribution is 5.24. The van der Waals surface area contributed by atoms with E-state index in [2.05, 4.69) is 23.3 Å². The molecule has 1 aromatic rings. The molecule has 0 aromatic carbocycles. The van der Waals surface area contributed by atoms with Gasteiger partial charge in [-0.05, 0) is 51.4 Å². The maximum absolute atomic E-state index is 5.62. The molecule has 0 aliphatic heterocycles. The van der Waals surface area contributed by atoms with Gasteiger partial charge in [0.1, 0.15) is 5.75 Å². The lowest BCUT2D eigenvalue weighted by molar-refractivity contribution is 0.241. The first-order valence-electron chi connectivity index (χ1n) is 5.87. The molecule has 0 bridgehead atoms. The Morgan fingerprint density at radius 3 is 2.69 bits per heavy atom. The molecular weight excluding hydrogens is 200 g/mol. The van der Waals surface area contributed by atoms with Gasteiger partial charge >= 0.3 is 0 Å². The summed E-state index contributed by atoms with van der Waals surface area (Å²) in [6, 6.07) is 2.08. The van der Waals surface area contributed by atoms with E-state index in [9.17, 15) is 0 Å². The second-order valence-electron chi connectivity index (χ2n) is 4.56. The van der Waals surface area contributed by atoms with Crippen LogP contribution >= 0.6 is 0 Å². The third-order valence-corrected chi connectivity index (χ3v) is 2.28. The van der Waals surface area contributed by atoms with Crippen LogP contribution in [0, 0.1) is 5.92 Å². The molecule has 1 heterocycles. The van der Waals surface area contributed by atoms with Crippen molar-refractivity contribution in [3.05, 3.63) is 24.0 Å². The minimum absolute atomic E-state index is 0.201. The third-order valence-electron chi connectivity index (χ3n) is 2.28. The van der Waals surface area contributed by atoms with Crippen LogP contribution in [0.1, 0.15) is 26.3 Å². The van der Waals surface area contributed by atoms with Crippen LogP contribution < -0.4 is 10.1 Å². The van der Waals surface area contributed by atoms with Gasteiger partial charge in [-0.3, -0.25) is 4.98 Å². The predicted octanol–water partition coefficient (Wildman–Crippen LogP) is 2.27. The molecule has 0 saturated carbocycles. The van der Waals surface area contributed by atoms with Crippen LogP contribution in [0.3, 0.4) is 0 Å². The van der Waals surface area contributed by atoms with Crippen molar-refractivity contribution in [3.8, 4) is 5.75 Å². The van der Waals surface area contributed by atoms with Crippen molar-refractivity contribution < 1.29 is 4.74 Å². The summed E-state index contributed by atoms with van der Waals surface area (Å²) in [6.07, 6.45) is 4.92.